The number of phenols is 1. The van der Waals surface area contributed by atoms with Crippen molar-refractivity contribution in [2.45, 2.75) is 43.4 Å². The predicted octanol–water partition coefficient (Wildman–Crippen LogP) is 0.974. The van der Waals surface area contributed by atoms with E-state index < -0.39 is 63.0 Å². The Labute approximate surface area is 261 Å². The zero-order valence-electron chi connectivity index (χ0n) is 24.7. The van der Waals surface area contributed by atoms with Crippen LogP contribution in [0.1, 0.15) is 26.3 Å². The van der Waals surface area contributed by atoms with Crippen LogP contribution in [0.15, 0.2) is 66.7 Å². The van der Waals surface area contributed by atoms with Gasteiger partial charge in [0.1, 0.15) is 11.5 Å². The smallest absolute Gasteiger partial charge is 0.324 e. The third-order valence-corrected chi connectivity index (χ3v) is 10.3. The number of benzene rings is 3. The first-order valence-electron chi connectivity index (χ1n) is 13.1. The molecule has 0 spiro atoms. The molecule has 15 nitrogen and oxygen atoms in total. The number of hydrogen-bond donors (Lipinski definition) is 6. The van der Waals surface area contributed by atoms with Crippen LogP contribution in [-0.2, 0) is 33.9 Å². The monoisotopic (exact) mass is 712 g/mol. The number of amides is 1. The molecule has 6 N–H and O–H groups in total. The quantitative estimate of drug-likeness (QED) is 0.119. The molecule has 3 unspecified atom stereocenters. The molecule has 0 fully saturated rings. The van der Waals surface area contributed by atoms with E-state index in [0.29, 0.717) is 11.3 Å². The summed E-state index contributed by atoms with van der Waals surface area (Å²) < 4.78 is 86.5. The normalized spacial score (nSPS) is 23.4. The first kappa shape index (κ1) is 34.3. The molecule has 244 valence electrons. The molecule has 0 saturated carbocycles. The van der Waals surface area contributed by atoms with Crippen molar-refractivity contribution in [3.05, 3.63) is 72.3 Å². The van der Waals surface area contributed by atoms with E-state index in [1.54, 1.807) is 62.4 Å². The van der Waals surface area contributed by atoms with Gasteiger partial charge in [0.2, 0.25) is 5.72 Å². The van der Waals surface area contributed by atoms with Gasteiger partial charge in [-0.1, -0.05) is 30.3 Å². The van der Waals surface area contributed by atoms with Crippen LogP contribution < -0.4 is 24.0 Å². The second-order valence-electron chi connectivity index (χ2n) is 10.5. The van der Waals surface area contributed by atoms with Crippen molar-refractivity contribution < 1.29 is 58.9 Å². The molecule has 2 heterocycles. The van der Waals surface area contributed by atoms with Crippen LogP contribution in [0.2, 0.25) is 0 Å². The van der Waals surface area contributed by atoms with Gasteiger partial charge in [-0.05, 0) is 32.0 Å². The number of anilines is 2. The fraction of sp³-hybridized carbons (Fsp3) is 0.321. The standard InChI is InChI=1S/C20H23NO8S.C8H10AsNO5/c1-18(2)20(22,27-4)19(26-3,13-9-5-7-11-15(13)29-18)21-14-10-6-8-12-16(14)28-17(21)30(23,24)25;1-5(11)10-6-3-2-4-7(12)8(6)9(13,14)15/h5-12,17,22H,1-4H3,(H,23,24,25);2-4,12H,1H3,(H,10,11)(H2,13,14,15). The third kappa shape index (κ3) is 5.79. The maximum Gasteiger partial charge on any atom is 0.324 e. The van der Waals surface area contributed by atoms with E-state index in [4.69, 9.17) is 27.1 Å². The van der Waals surface area contributed by atoms with Crippen molar-refractivity contribution in [1.82, 2.24) is 0 Å². The van der Waals surface area contributed by atoms with E-state index in [2.05, 4.69) is 5.32 Å². The number of rotatable bonds is 6. The first-order chi connectivity index (χ1) is 20.9. The minimum Gasteiger partial charge on any atom is -0.482 e. The number of aliphatic hydroxyl groups is 1. The number of fused-ring (bicyclic) bond motifs is 2. The van der Waals surface area contributed by atoms with Crippen molar-refractivity contribution in [3.63, 3.8) is 0 Å². The van der Waals surface area contributed by atoms with Crippen molar-refractivity contribution in [2.75, 3.05) is 24.4 Å². The summed E-state index contributed by atoms with van der Waals surface area (Å²) in [7, 11) is -2.23. The van der Waals surface area contributed by atoms with Gasteiger partial charge >= 0.3 is 104 Å². The molecule has 3 aromatic carbocycles. The number of ether oxygens (including phenoxy) is 4. The van der Waals surface area contributed by atoms with Crippen LogP contribution in [0.5, 0.6) is 17.2 Å². The Balaban J connectivity index is 0.000000259. The molecule has 0 radical (unpaired) electrons. The van der Waals surface area contributed by atoms with Gasteiger partial charge < -0.3 is 24.1 Å². The minimum absolute atomic E-state index is 0.0602. The van der Waals surface area contributed by atoms with Crippen LogP contribution in [0.25, 0.3) is 0 Å². The zero-order chi connectivity index (χ0) is 33.6. The van der Waals surface area contributed by atoms with E-state index in [1.165, 1.54) is 38.2 Å². The number of carbonyl (C=O) groups is 1. The van der Waals surface area contributed by atoms with Crippen LogP contribution >= 0.6 is 0 Å². The maximum absolute atomic E-state index is 12.4. The number of methoxy groups -OCH3 is 2. The summed E-state index contributed by atoms with van der Waals surface area (Å²) in [5.74, 6) is -2.69. The van der Waals surface area contributed by atoms with Crippen molar-refractivity contribution in [2.24, 2.45) is 0 Å². The Morgan fingerprint density at radius 3 is 2.13 bits per heavy atom. The summed E-state index contributed by atoms with van der Waals surface area (Å²) in [6, 6.07) is 17.1. The molecule has 3 aromatic rings. The number of nitrogens with one attached hydrogen (secondary N) is 1. The van der Waals surface area contributed by atoms with Gasteiger partial charge in [-0.3, -0.25) is 9.45 Å². The van der Waals surface area contributed by atoms with Crippen LogP contribution in [-0.4, -0.2) is 82.6 Å². The van der Waals surface area contributed by atoms with Gasteiger partial charge in [0, 0.05) is 14.2 Å². The Morgan fingerprint density at radius 1 is 0.978 bits per heavy atom. The predicted molar refractivity (Wildman–Crippen MR) is 160 cm³/mol. The Bertz CT molecular complexity index is 1760. The van der Waals surface area contributed by atoms with Gasteiger partial charge in [0.15, 0.2) is 5.60 Å². The summed E-state index contributed by atoms with van der Waals surface area (Å²) >= 11 is -5.25. The number of phenolic OH excluding ortho intramolecular Hbond substituents is 1. The molecule has 2 aliphatic heterocycles. The van der Waals surface area contributed by atoms with E-state index in [-0.39, 0.29) is 17.1 Å². The van der Waals surface area contributed by atoms with Gasteiger partial charge in [-0.2, -0.15) is 8.42 Å². The molecule has 17 heteroatoms. The molecule has 0 bridgehead atoms. The maximum atomic E-state index is 12.4. The van der Waals surface area contributed by atoms with Crippen molar-refractivity contribution in [3.8, 4) is 17.2 Å². The first-order valence-corrected chi connectivity index (χ1v) is 18.0. The van der Waals surface area contributed by atoms with E-state index in [1.807, 2.05) is 0 Å². The summed E-state index contributed by atoms with van der Waals surface area (Å²) in [5, 5.41) is 23.4. The van der Waals surface area contributed by atoms with Gasteiger partial charge in [0.05, 0.1) is 11.3 Å². The van der Waals surface area contributed by atoms with E-state index >= 15 is 0 Å². The van der Waals surface area contributed by atoms with Gasteiger partial charge in [-0.25, -0.2) is 0 Å². The van der Waals surface area contributed by atoms with Gasteiger partial charge in [-0.15, -0.1) is 0 Å². The number of carbonyl (C=O) groups excluding carboxylic acids is 1. The summed E-state index contributed by atoms with van der Waals surface area (Å²) in [5.41, 5.74) is -4.77. The Hall–Kier alpha value is -3.60. The number of para-hydroxylation sites is 3. The second-order valence-corrected chi connectivity index (χ2v) is 15.1. The number of hydrogen-bond acceptors (Lipinski definition) is 11. The Morgan fingerprint density at radius 2 is 1.58 bits per heavy atom. The molecular formula is C28H33AsN2O13S. The SMILES string of the molecule is CC(=O)Nc1cccc(O)c1[As](=O)(O)O.COC1(N2c3ccccc3OC2S(=O)(=O)O)c2ccccc2OC(C)(C)C1(O)OC. The molecule has 45 heavy (non-hydrogen) atoms. The van der Waals surface area contributed by atoms with Crippen molar-refractivity contribution in [1.29, 1.82) is 0 Å². The molecule has 3 atom stereocenters. The van der Waals surface area contributed by atoms with Gasteiger partial charge in [0.25, 0.3) is 5.79 Å². The fourth-order valence-corrected chi connectivity index (χ4v) is 7.93. The zero-order valence-corrected chi connectivity index (χ0v) is 27.4. The van der Waals surface area contributed by atoms with Crippen LogP contribution in [0.4, 0.5) is 11.4 Å². The van der Waals surface area contributed by atoms with Crippen molar-refractivity contribution >= 4 is 45.9 Å². The topological polar surface area (TPSA) is 222 Å². The minimum atomic E-state index is -5.25. The Kier molecular flexibility index (Phi) is 9.11. The molecule has 2 aliphatic rings. The molecule has 0 aromatic heterocycles. The summed E-state index contributed by atoms with van der Waals surface area (Å²) in [4.78, 5) is 11.9. The number of nitrogens with zero attached hydrogens (tertiary/aromatic N) is 1. The molecule has 0 aliphatic carbocycles. The summed E-state index contributed by atoms with van der Waals surface area (Å²) in [6.07, 6.45) is 0. The molecule has 5 rings (SSSR count). The summed E-state index contributed by atoms with van der Waals surface area (Å²) in [6.45, 7) is 4.39. The molecular weight excluding hydrogens is 679 g/mol. The van der Waals surface area contributed by atoms with Crippen LogP contribution in [0.3, 0.4) is 0 Å². The largest absolute Gasteiger partial charge is 0.482 e. The average molecular weight is 713 g/mol. The van der Waals surface area contributed by atoms with Crippen LogP contribution in [0, 0.1) is 0 Å². The van der Waals surface area contributed by atoms with E-state index in [9.17, 15) is 31.7 Å². The third-order valence-electron chi connectivity index (χ3n) is 7.26. The average Bonchev–Trinajstić information content (AvgIpc) is 3.34. The second kappa shape index (κ2) is 12.0. The molecule has 1 amide bonds. The molecule has 0 saturated heterocycles. The van der Waals surface area contributed by atoms with E-state index in [0.717, 1.165) is 6.07 Å². The fourth-order valence-electron chi connectivity index (χ4n) is 5.46. The number of aromatic hydroxyl groups is 1.